The minimum atomic E-state index is -0.786. The van der Waals surface area contributed by atoms with E-state index in [1.165, 1.54) is 12.3 Å². The van der Waals surface area contributed by atoms with Gasteiger partial charge in [-0.15, -0.1) is 0 Å². The second-order valence-electron chi connectivity index (χ2n) is 6.94. The van der Waals surface area contributed by atoms with Gasteiger partial charge in [0.05, 0.1) is 35.3 Å². The Morgan fingerprint density at radius 1 is 1.23 bits per heavy atom. The summed E-state index contributed by atoms with van der Waals surface area (Å²) in [6.45, 7) is 3.21. The van der Waals surface area contributed by atoms with Crippen molar-refractivity contribution in [3.8, 4) is 5.75 Å². The second kappa shape index (κ2) is 8.11. The van der Waals surface area contributed by atoms with E-state index in [0.717, 1.165) is 44.0 Å². The van der Waals surface area contributed by atoms with Crippen LogP contribution in [0.2, 0.25) is 0 Å². The highest BCUT2D eigenvalue weighted by Gasteiger charge is 2.21. The summed E-state index contributed by atoms with van der Waals surface area (Å²) in [5.74, 6) is -1.55. The van der Waals surface area contributed by atoms with Crippen LogP contribution in [0.15, 0.2) is 36.5 Å². The molecule has 30 heavy (non-hydrogen) atoms. The molecule has 4 rings (SSSR count). The minimum absolute atomic E-state index is 0.0194. The molecule has 3 aromatic rings. The number of hydrogen-bond acceptors (Lipinski definition) is 6. The van der Waals surface area contributed by atoms with E-state index in [9.17, 15) is 13.6 Å². The Labute approximate surface area is 171 Å². The van der Waals surface area contributed by atoms with Gasteiger partial charge in [-0.25, -0.2) is 8.78 Å². The van der Waals surface area contributed by atoms with Gasteiger partial charge in [-0.2, -0.15) is 0 Å². The van der Waals surface area contributed by atoms with Crippen LogP contribution < -0.4 is 26.0 Å². The highest BCUT2D eigenvalue weighted by molar-refractivity contribution is 6.08. The van der Waals surface area contributed by atoms with Crippen LogP contribution in [0, 0.1) is 11.6 Å². The zero-order valence-corrected chi connectivity index (χ0v) is 16.3. The zero-order chi connectivity index (χ0) is 21.3. The monoisotopic (exact) mass is 413 g/mol. The number of nitrogens with zero attached hydrogens (tertiary/aromatic N) is 2. The van der Waals surface area contributed by atoms with E-state index < -0.39 is 17.5 Å². The molecule has 0 aliphatic carbocycles. The number of hydrogen-bond donors (Lipinski definition) is 3. The van der Waals surface area contributed by atoms with Crippen molar-refractivity contribution in [2.45, 2.75) is 0 Å². The minimum Gasteiger partial charge on any atom is -0.495 e. The van der Waals surface area contributed by atoms with Gasteiger partial charge in [0.15, 0.2) is 0 Å². The summed E-state index contributed by atoms with van der Waals surface area (Å²) in [7, 11) is 1.58. The molecule has 0 unspecified atom stereocenters. The van der Waals surface area contributed by atoms with Crippen molar-refractivity contribution in [2.24, 2.45) is 5.73 Å². The fourth-order valence-electron chi connectivity index (χ4n) is 3.57. The summed E-state index contributed by atoms with van der Waals surface area (Å²) >= 11 is 0. The fraction of sp³-hybridized carbons (Fsp3) is 0.238. The van der Waals surface area contributed by atoms with E-state index in [4.69, 9.17) is 10.5 Å². The lowest BCUT2D eigenvalue weighted by atomic mass is 10.1. The molecule has 1 aromatic heterocycles. The highest BCUT2D eigenvalue weighted by atomic mass is 19.1. The van der Waals surface area contributed by atoms with Crippen LogP contribution in [0.4, 0.5) is 25.8 Å². The predicted octanol–water partition coefficient (Wildman–Crippen LogP) is 2.77. The third-order valence-corrected chi connectivity index (χ3v) is 5.08. The maximum Gasteiger partial charge on any atom is 0.252 e. The van der Waals surface area contributed by atoms with Crippen molar-refractivity contribution in [1.29, 1.82) is 0 Å². The second-order valence-corrected chi connectivity index (χ2v) is 6.94. The molecule has 1 saturated heterocycles. The lowest BCUT2D eigenvalue weighted by molar-refractivity contribution is 0.100. The van der Waals surface area contributed by atoms with Crippen molar-refractivity contribution < 1.29 is 18.3 Å². The average molecular weight is 413 g/mol. The Hall–Kier alpha value is -3.46. The largest absolute Gasteiger partial charge is 0.495 e. The number of ether oxygens (including phenoxy) is 1. The quantitative estimate of drug-likeness (QED) is 0.596. The van der Waals surface area contributed by atoms with E-state index >= 15 is 0 Å². The molecule has 1 aliphatic rings. The summed E-state index contributed by atoms with van der Waals surface area (Å²) in [6.07, 6.45) is 1.33. The van der Waals surface area contributed by atoms with Gasteiger partial charge in [-0.05, 0) is 18.2 Å². The molecule has 4 N–H and O–H groups in total. The number of nitrogens with one attached hydrogen (secondary N) is 2. The summed E-state index contributed by atoms with van der Waals surface area (Å²) in [6, 6.07) is 6.79. The van der Waals surface area contributed by atoms with Crippen LogP contribution in [-0.2, 0) is 0 Å². The smallest absolute Gasteiger partial charge is 0.252 e. The van der Waals surface area contributed by atoms with Crippen LogP contribution in [-0.4, -0.2) is 44.2 Å². The van der Waals surface area contributed by atoms with Gasteiger partial charge in [-0.1, -0.05) is 0 Å². The molecule has 1 aliphatic heterocycles. The molecule has 9 heteroatoms. The molecule has 0 bridgehead atoms. The molecule has 2 heterocycles. The Kier molecular flexibility index (Phi) is 5.37. The van der Waals surface area contributed by atoms with Crippen molar-refractivity contribution in [3.63, 3.8) is 0 Å². The molecule has 2 aromatic carbocycles. The number of anilines is 3. The highest BCUT2D eigenvalue weighted by Crippen LogP contribution is 2.38. The number of fused-ring (bicyclic) bond motifs is 1. The number of halogens is 2. The molecule has 0 saturated carbocycles. The number of amides is 1. The number of carbonyl (C=O) groups is 1. The van der Waals surface area contributed by atoms with Gasteiger partial charge in [0.2, 0.25) is 0 Å². The molecule has 7 nitrogen and oxygen atoms in total. The molecular weight excluding hydrogens is 392 g/mol. The summed E-state index contributed by atoms with van der Waals surface area (Å²) < 4.78 is 33.2. The van der Waals surface area contributed by atoms with Crippen molar-refractivity contribution in [1.82, 2.24) is 10.3 Å². The molecule has 0 atom stereocenters. The van der Waals surface area contributed by atoms with E-state index in [0.29, 0.717) is 22.3 Å². The van der Waals surface area contributed by atoms with Gasteiger partial charge < -0.3 is 26.0 Å². The number of pyridine rings is 1. The maximum absolute atomic E-state index is 14.3. The molecule has 0 radical (unpaired) electrons. The van der Waals surface area contributed by atoms with Gasteiger partial charge in [0, 0.05) is 49.9 Å². The van der Waals surface area contributed by atoms with Crippen molar-refractivity contribution in [2.75, 3.05) is 43.5 Å². The number of rotatable bonds is 5. The molecule has 1 fully saturated rings. The zero-order valence-electron chi connectivity index (χ0n) is 16.3. The van der Waals surface area contributed by atoms with E-state index in [2.05, 4.69) is 20.5 Å². The first kappa shape index (κ1) is 19.8. The van der Waals surface area contributed by atoms with E-state index in [1.54, 1.807) is 13.2 Å². The summed E-state index contributed by atoms with van der Waals surface area (Å²) in [5, 5.41) is 6.78. The first-order valence-electron chi connectivity index (χ1n) is 9.46. The number of aromatic nitrogens is 1. The van der Waals surface area contributed by atoms with Gasteiger partial charge in [0.1, 0.15) is 17.4 Å². The number of carbonyl (C=O) groups excluding carboxylic acids is 1. The Morgan fingerprint density at radius 3 is 2.67 bits per heavy atom. The van der Waals surface area contributed by atoms with E-state index in [1.807, 2.05) is 6.07 Å². The van der Waals surface area contributed by atoms with Crippen LogP contribution in [0.3, 0.4) is 0 Å². The summed E-state index contributed by atoms with van der Waals surface area (Å²) in [4.78, 5) is 18.5. The number of methoxy groups -OCH3 is 1. The van der Waals surface area contributed by atoms with Crippen LogP contribution >= 0.6 is 0 Å². The Bertz CT molecular complexity index is 1120. The number of benzene rings is 2. The topological polar surface area (TPSA) is 92.5 Å². The first-order chi connectivity index (χ1) is 14.5. The number of primary amides is 1. The Morgan fingerprint density at radius 2 is 2.00 bits per heavy atom. The number of nitrogens with two attached hydrogens (primary N) is 1. The normalized spacial score (nSPS) is 14.0. The van der Waals surface area contributed by atoms with Crippen LogP contribution in [0.1, 0.15) is 10.4 Å². The van der Waals surface area contributed by atoms with Gasteiger partial charge >= 0.3 is 0 Å². The number of piperazine rings is 1. The summed E-state index contributed by atoms with van der Waals surface area (Å²) in [5.41, 5.74) is 7.34. The lowest BCUT2D eigenvalue weighted by Gasteiger charge is -2.31. The van der Waals surface area contributed by atoms with Crippen LogP contribution in [0.25, 0.3) is 10.9 Å². The standard InChI is InChI=1S/C21H21F2N5O2/c1-30-19-10-17-13(9-18(19)28-6-4-25-5-7-28)20(14(11-26-17)21(24)29)27-16-3-2-12(22)8-15(16)23/h2-3,8-11,25H,4-7H2,1H3,(H2,24,29)(H,26,27). The maximum atomic E-state index is 14.3. The SMILES string of the molecule is COc1cc2ncc(C(N)=O)c(Nc3ccc(F)cc3F)c2cc1N1CCNCC1. The van der Waals surface area contributed by atoms with E-state index in [-0.39, 0.29) is 11.3 Å². The van der Waals surface area contributed by atoms with Gasteiger partial charge in [0.25, 0.3) is 5.91 Å². The lowest BCUT2D eigenvalue weighted by Crippen LogP contribution is -2.43. The predicted molar refractivity (Wildman–Crippen MR) is 112 cm³/mol. The van der Waals surface area contributed by atoms with Crippen LogP contribution in [0.5, 0.6) is 5.75 Å². The third kappa shape index (κ3) is 3.71. The van der Waals surface area contributed by atoms with Gasteiger partial charge in [-0.3, -0.25) is 9.78 Å². The third-order valence-electron chi connectivity index (χ3n) is 5.08. The van der Waals surface area contributed by atoms with Crippen molar-refractivity contribution >= 4 is 33.9 Å². The molecule has 1 amide bonds. The first-order valence-corrected chi connectivity index (χ1v) is 9.46. The Balaban J connectivity index is 1.90. The molecule has 0 spiro atoms. The fourth-order valence-corrected chi connectivity index (χ4v) is 3.57. The molecular formula is C21H21F2N5O2. The molecule has 156 valence electrons. The average Bonchev–Trinajstić information content (AvgIpc) is 2.75. The van der Waals surface area contributed by atoms with Crippen molar-refractivity contribution in [3.05, 3.63) is 53.7 Å².